The smallest absolute Gasteiger partial charge is 0.144 e. The molecular formula is C15H17N3S. The molecule has 0 amide bonds. The van der Waals surface area contributed by atoms with Gasteiger partial charge in [0.1, 0.15) is 11.9 Å². The van der Waals surface area contributed by atoms with Crippen molar-refractivity contribution in [1.29, 1.82) is 5.26 Å². The fourth-order valence-electron chi connectivity index (χ4n) is 2.00. The van der Waals surface area contributed by atoms with Crippen LogP contribution in [-0.4, -0.2) is 4.98 Å². The van der Waals surface area contributed by atoms with E-state index in [4.69, 9.17) is 5.26 Å². The molecule has 1 atom stereocenters. The number of nitrogens with one attached hydrogen (secondary N) is 1. The van der Waals surface area contributed by atoms with Gasteiger partial charge in [-0.25, -0.2) is 4.98 Å². The monoisotopic (exact) mass is 271 g/mol. The van der Waals surface area contributed by atoms with Crippen molar-refractivity contribution in [3.05, 3.63) is 45.3 Å². The molecule has 1 N–H and O–H groups in total. The highest BCUT2D eigenvalue weighted by Crippen LogP contribution is 2.29. The van der Waals surface area contributed by atoms with Crippen molar-refractivity contribution in [2.75, 3.05) is 5.32 Å². The largest absolute Gasteiger partial charge is 0.362 e. The summed E-state index contributed by atoms with van der Waals surface area (Å²) in [7, 11) is 0. The summed E-state index contributed by atoms with van der Waals surface area (Å²) >= 11 is 1.83. The van der Waals surface area contributed by atoms with Crippen LogP contribution in [-0.2, 0) is 6.42 Å². The molecule has 2 heterocycles. The highest BCUT2D eigenvalue weighted by atomic mass is 32.1. The second kappa shape index (κ2) is 5.85. The summed E-state index contributed by atoms with van der Waals surface area (Å²) in [6.07, 6.45) is 2.77. The number of anilines is 1. The predicted molar refractivity (Wildman–Crippen MR) is 79.4 cm³/mol. The number of aryl methyl sites for hydroxylation is 2. The van der Waals surface area contributed by atoms with Crippen LogP contribution >= 0.6 is 11.3 Å². The normalized spacial score (nSPS) is 11.9. The molecule has 4 heteroatoms. The maximum Gasteiger partial charge on any atom is 0.144 e. The van der Waals surface area contributed by atoms with E-state index in [-0.39, 0.29) is 6.04 Å². The quantitative estimate of drug-likeness (QED) is 0.912. The van der Waals surface area contributed by atoms with Gasteiger partial charge >= 0.3 is 0 Å². The standard InChI is InChI=1S/C15H17N3S/c1-4-13-10(2)8-14(19-13)11(3)18-15-12(9-16)6-5-7-17-15/h5-8,11H,4H2,1-3H3,(H,17,18). The highest BCUT2D eigenvalue weighted by molar-refractivity contribution is 7.12. The zero-order chi connectivity index (χ0) is 13.8. The van der Waals surface area contributed by atoms with Gasteiger partial charge < -0.3 is 5.32 Å². The lowest BCUT2D eigenvalue weighted by Crippen LogP contribution is -2.07. The number of hydrogen-bond acceptors (Lipinski definition) is 4. The first kappa shape index (κ1) is 13.6. The van der Waals surface area contributed by atoms with Gasteiger partial charge in [0.15, 0.2) is 0 Å². The minimum Gasteiger partial charge on any atom is -0.362 e. The maximum atomic E-state index is 9.06. The molecule has 0 spiro atoms. The number of pyridine rings is 1. The minimum atomic E-state index is 0.158. The maximum absolute atomic E-state index is 9.06. The Morgan fingerprint density at radius 2 is 2.32 bits per heavy atom. The van der Waals surface area contributed by atoms with E-state index >= 15 is 0 Å². The lowest BCUT2D eigenvalue weighted by Gasteiger charge is -2.13. The van der Waals surface area contributed by atoms with Crippen molar-refractivity contribution < 1.29 is 0 Å². The number of thiophene rings is 1. The van der Waals surface area contributed by atoms with E-state index in [1.54, 1.807) is 18.3 Å². The van der Waals surface area contributed by atoms with E-state index in [0.29, 0.717) is 11.4 Å². The number of aromatic nitrogens is 1. The fraction of sp³-hybridized carbons (Fsp3) is 0.333. The van der Waals surface area contributed by atoms with Crippen molar-refractivity contribution >= 4 is 17.2 Å². The number of nitriles is 1. The van der Waals surface area contributed by atoms with Crippen LogP contribution < -0.4 is 5.32 Å². The van der Waals surface area contributed by atoms with Gasteiger partial charge in [-0.05, 0) is 44.0 Å². The van der Waals surface area contributed by atoms with Crippen LogP contribution in [0.4, 0.5) is 5.82 Å². The molecule has 1 unspecified atom stereocenters. The summed E-state index contributed by atoms with van der Waals surface area (Å²) in [6, 6.07) is 8.09. The summed E-state index contributed by atoms with van der Waals surface area (Å²) < 4.78 is 0. The second-order valence-corrected chi connectivity index (χ2v) is 5.65. The van der Waals surface area contributed by atoms with Crippen LogP contribution in [0.3, 0.4) is 0 Å². The van der Waals surface area contributed by atoms with E-state index in [2.05, 4.69) is 43.2 Å². The molecular weight excluding hydrogens is 254 g/mol. The zero-order valence-electron chi connectivity index (χ0n) is 11.4. The number of rotatable bonds is 4. The van der Waals surface area contributed by atoms with Gasteiger partial charge in [0, 0.05) is 16.0 Å². The Labute approximate surface area is 117 Å². The summed E-state index contributed by atoms with van der Waals surface area (Å²) in [4.78, 5) is 6.94. The third kappa shape index (κ3) is 2.94. The lowest BCUT2D eigenvalue weighted by molar-refractivity contribution is 0.894. The van der Waals surface area contributed by atoms with Gasteiger partial charge in [-0.2, -0.15) is 5.26 Å². The van der Waals surface area contributed by atoms with Crippen molar-refractivity contribution in [3.63, 3.8) is 0 Å². The Balaban J connectivity index is 2.21. The Hall–Kier alpha value is -1.86. The lowest BCUT2D eigenvalue weighted by atomic mass is 10.2. The summed E-state index contributed by atoms with van der Waals surface area (Å²) in [5.41, 5.74) is 1.93. The topological polar surface area (TPSA) is 48.7 Å². The van der Waals surface area contributed by atoms with E-state index in [1.165, 1.54) is 15.3 Å². The van der Waals surface area contributed by atoms with Gasteiger partial charge in [0.05, 0.1) is 11.6 Å². The first-order valence-corrected chi connectivity index (χ1v) is 7.18. The van der Waals surface area contributed by atoms with Crippen LogP contribution in [0.25, 0.3) is 0 Å². The number of hydrogen-bond donors (Lipinski definition) is 1. The van der Waals surface area contributed by atoms with Gasteiger partial charge in [-0.3, -0.25) is 0 Å². The molecule has 0 aliphatic heterocycles. The average molecular weight is 271 g/mol. The van der Waals surface area contributed by atoms with Crippen molar-refractivity contribution in [3.8, 4) is 6.07 Å². The minimum absolute atomic E-state index is 0.158. The van der Waals surface area contributed by atoms with Crippen LogP contribution in [0, 0.1) is 18.3 Å². The van der Waals surface area contributed by atoms with Gasteiger partial charge in [0.25, 0.3) is 0 Å². The SMILES string of the molecule is CCc1sc(C(C)Nc2ncccc2C#N)cc1C. The van der Waals surface area contributed by atoms with Gasteiger partial charge in [0.2, 0.25) is 0 Å². The van der Waals surface area contributed by atoms with Crippen LogP contribution in [0.5, 0.6) is 0 Å². The predicted octanol–water partition coefficient (Wildman–Crippen LogP) is 4.06. The van der Waals surface area contributed by atoms with Crippen molar-refractivity contribution in [1.82, 2.24) is 4.98 Å². The molecule has 0 fully saturated rings. The first-order valence-electron chi connectivity index (χ1n) is 6.36. The van der Waals surface area contributed by atoms with Crippen molar-refractivity contribution in [2.24, 2.45) is 0 Å². The van der Waals surface area contributed by atoms with E-state index in [9.17, 15) is 0 Å². The third-order valence-electron chi connectivity index (χ3n) is 3.07. The first-order chi connectivity index (χ1) is 9.15. The average Bonchev–Trinajstić information content (AvgIpc) is 2.80. The molecule has 0 saturated heterocycles. The second-order valence-electron chi connectivity index (χ2n) is 4.49. The third-order valence-corrected chi connectivity index (χ3v) is 4.63. The van der Waals surface area contributed by atoms with Crippen molar-refractivity contribution in [2.45, 2.75) is 33.2 Å². The zero-order valence-corrected chi connectivity index (χ0v) is 12.2. The molecule has 0 radical (unpaired) electrons. The van der Waals surface area contributed by atoms with E-state index in [1.807, 2.05) is 11.3 Å². The molecule has 3 nitrogen and oxygen atoms in total. The number of nitrogens with zero attached hydrogens (tertiary/aromatic N) is 2. The molecule has 2 aromatic heterocycles. The molecule has 0 bridgehead atoms. The molecule has 2 rings (SSSR count). The fourth-order valence-corrected chi connectivity index (χ4v) is 3.12. The molecule has 98 valence electrons. The van der Waals surface area contributed by atoms with Crippen LogP contribution in [0.15, 0.2) is 24.4 Å². The van der Waals surface area contributed by atoms with E-state index < -0.39 is 0 Å². The Morgan fingerprint density at radius 3 is 2.95 bits per heavy atom. The van der Waals surface area contributed by atoms with E-state index in [0.717, 1.165) is 6.42 Å². The Kier molecular flexibility index (Phi) is 4.18. The molecule has 0 aliphatic carbocycles. The summed E-state index contributed by atoms with van der Waals surface area (Å²) in [6.45, 7) is 6.42. The molecule has 0 saturated carbocycles. The summed E-state index contributed by atoms with van der Waals surface area (Å²) in [5, 5.41) is 12.4. The Bertz CT molecular complexity index is 610. The van der Waals surface area contributed by atoms with Crippen LogP contribution in [0.1, 0.15) is 40.8 Å². The van der Waals surface area contributed by atoms with Gasteiger partial charge in [-0.15, -0.1) is 11.3 Å². The van der Waals surface area contributed by atoms with Crippen LogP contribution in [0.2, 0.25) is 0 Å². The summed E-state index contributed by atoms with van der Waals surface area (Å²) in [5.74, 6) is 0.654. The van der Waals surface area contributed by atoms with Gasteiger partial charge in [-0.1, -0.05) is 6.92 Å². The molecule has 0 aliphatic rings. The highest BCUT2D eigenvalue weighted by Gasteiger charge is 2.13. The molecule has 2 aromatic rings. The molecule has 19 heavy (non-hydrogen) atoms. The molecule has 0 aromatic carbocycles. The Morgan fingerprint density at radius 1 is 1.53 bits per heavy atom.